The van der Waals surface area contributed by atoms with Crippen molar-refractivity contribution >= 4 is 11.4 Å². The Morgan fingerprint density at radius 1 is 1.26 bits per heavy atom. The molecule has 2 aromatic carbocycles. The normalized spacial score (nSPS) is 18.9. The molecule has 0 spiro atoms. The van der Waals surface area contributed by atoms with Gasteiger partial charge in [0.1, 0.15) is 25.0 Å². The lowest BCUT2D eigenvalue weighted by atomic mass is 10.2. The van der Waals surface area contributed by atoms with Crippen LogP contribution in [-0.2, 0) is 4.74 Å². The number of rotatable bonds is 7. The molecular formula is C19H24N3O5+. The Balaban J connectivity index is 1.60. The first-order valence-corrected chi connectivity index (χ1v) is 8.69. The molecule has 1 fully saturated rings. The summed E-state index contributed by atoms with van der Waals surface area (Å²) < 4.78 is 16.7. The lowest BCUT2D eigenvalue weighted by Gasteiger charge is -2.14. The molecule has 144 valence electrons. The van der Waals surface area contributed by atoms with Gasteiger partial charge < -0.3 is 24.4 Å². The van der Waals surface area contributed by atoms with E-state index >= 15 is 0 Å². The van der Waals surface area contributed by atoms with E-state index < -0.39 is 4.92 Å². The lowest BCUT2D eigenvalue weighted by molar-refractivity contribution is -0.697. The molecule has 2 N–H and O–H groups in total. The summed E-state index contributed by atoms with van der Waals surface area (Å²) >= 11 is 0. The van der Waals surface area contributed by atoms with E-state index in [4.69, 9.17) is 14.2 Å². The average Bonchev–Trinajstić information content (AvgIpc) is 3.15. The molecule has 1 aliphatic heterocycles. The summed E-state index contributed by atoms with van der Waals surface area (Å²) in [5, 5.41) is 13.3. The third-order valence-corrected chi connectivity index (χ3v) is 4.48. The molecule has 2 aromatic rings. The molecule has 0 radical (unpaired) electrons. The number of hydrogen-bond donors (Lipinski definition) is 1. The molecule has 3 rings (SSSR count). The number of nitrogens with zero attached hydrogens (tertiary/aromatic N) is 2. The third kappa shape index (κ3) is 4.47. The number of anilines is 1. The van der Waals surface area contributed by atoms with E-state index in [0.717, 1.165) is 17.8 Å². The van der Waals surface area contributed by atoms with Gasteiger partial charge in [0.15, 0.2) is 5.75 Å². The van der Waals surface area contributed by atoms with Crippen LogP contribution >= 0.6 is 0 Å². The molecule has 1 aliphatic rings. The summed E-state index contributed by atoms with van der Waals surface area (Å²) in [6.45, 7) is 0.972. The first-order valence-electron chi connectivity index (χ1n) is 8.69. The molecule has 0 saturated carbocycles. The van der Waals surface area contributed by atoms with Crippen LogP contribution in [0.25, 0.3) is 0 Å². The Morgan fingerprint density at radius 2 is 2.00 bits per heavy atom. The summed E-state index contributed by atoms with van der Waals surface area (Å²) in [6, 6.07) is 12.7. The Hall–Kier alpha value is -2.84. The maximum absolute atomic E-state index is 11.2. The number of ether oxygens (including phenoxy) is 3. The van der Waals surface area contributed by atoms with E-state index in [1.807, 2.05) is 31.1 Å². The minimum absolute atomic E-state index is 0.0966. The van der Waals surface area contributed by atoms with Crippen LogP contribution in [0.5, 0.6) is 11.5 Å². The molecule has 8 nitrogen and oxygen atoms in total. The molecular weight excluding hydrogens is 350 g/mol. The van der Waals surface area contributed by atoms with Crippen molar-refractivity contribution in [3.8, 4) is 11.5 Å². The van der Waals surface area contributed by atoms with Gasteiger partial charge in [-0.1, -0.05) is 0 Å². The first-order chi connectivity index (χ1) is 13.0. The standard InChI is InChI=1S/C19H23N3O5/c1-21(2)14-6-4-13(5-7-14)19-20-11-16(27-19)12-26-18-9-8-15(25-3)10-17(18)22(23)24/h4-10,16,19-20H,11-12H2,1-3H3/p+1/t16-,19+/m1/s1. The van der Waals surface area contributed by atoms with Crippen LogP contribution in [-0.4, -0.2) is 45.4 Å². The van der Waals surface area contributed by atoms with E-state index in [9.17, 15) is 10.1 Å². The van der Waals surface area contributed by atoms with Crippen LogP contribution in [0.1, 0.15) is 11.8 Å². The molecule has 1 heterocycles. The van der Waals surface area contributed by atoms with E-state index in [2.05, 4.69) is 17.4 Å². The highest BCUT2D eigenvalue weighted by atomic mass is 16.6. The smallest absolute Gasteiger partial charge is 0.314 e. The first kappa shape index (κ1) is 18.9. The van der Waals surface area contributed by atoms with Gasteiger partial charge in [-0.2, -0.15) is 0 Å². The lowest BCUT2D eigenvalue weighted by Crippen LogP contribution is -2.82. The predicted molar refractivity (Wildman–Crippen MR) is 100 cm³/mol. The SMILES string of the molecule is COc1ccc(OC[C@H]2C[NH2+][C@H](c3ccc(N(C)C)cc3)O2)c([N+](=O)[O-])c1. The van der Waals surface area contributed by atoms with Crippen molar-refractivity contribution in [2.24, 2.45) is 0 Å². The maximum atomic E-state index is 11.2. The zero-order valence-electron chi connectivity index (χ0n) is 15.6. The third-order valence-electron chi connectivity index (χ3n) is 4.48. The Kier molecular flexibility index (Phi) is 5.78. The van der Waals surface area contributed by atoms with Crippen LogP contribution in [0.3, 0.4) is 0 Å². The monoisotopic (exact) mass is 374 g/mol. The fourth-order valence-corrected chi connectivity index (χ4v) is 2.95. The number of methoxy groups -OCH3 is 1. The van der Waals surface area contributed by atoms with Gasteiger partial charge in [0.05, 0.1) is 18.1 Å². The molecule has 0 bridgehead atoms. The molecule has 8 heteroatoms. The molecule has 0 amide bonds. The van der Waals surface area contributed by atoms with Crippen LogP contribution in [0.2, 0.25) is 0 Å². The van der Waals surface area contributed by atoms with Crippen LogP contribution in [0, 0.1) is 10.1 Å². The highest BCUT2D eigenvalue weighted by molar-refractivity contribution is 5.51. The highest BCUT2D eigenvalue weighted by Crippen LogP contribution is 2.31. The predicted octanol–water partition coefficient (Wildman–Crippen LogP) is 1.71. The summed E-state index contributed by atoms with van der Waals surface area (Å²) in [4.78, 5) is 12.8. The molecule has 2 atom stereocenters. The second-order valence-corrected chi connectivity index (χ2v) is 6.54. The van der Waals surface area contributed by atoms with Crippen molar-refractivity contribution in [2.75, 3.05) is 39.3 Å². The van der Waals surface area contributed by atoms with Crippen molar-refractivity contribution in [1.82, 2.24) is 0 Å². The van der Waals surface area contributed by atoms with Gasteiger partial charge in [-0.25, -0.2) is 0 Å². The summed E-state index contributed by atoms with van der Waals surface area (Å²) in [5.74, 6) is 0.629. The Morgan fingerprint density at radius 3 is 2.63 bits per heavy atom. The Labute approximate surface area is 157 Å². The number of nitrogens with two attached hydrogens (primary N) is 1. The highest BCUT2D eigenvalue weighted by Gasteiger charge is 2.31. The van der Waals surface area contributed by atoms with Crippen molar-refractivity contribution in [1.29, 1.82) is 0 Å². The second kappa shape index (κ2) is 8.24. The molecule has 27 heavy (non-hydrogen) atoms. The van der Waals surface area contributed by atoms with Crippen LogP contribution in [0.4, 0.5) is 11.4 Å². The minimum atomic E-state index is -0.478. The number of nitro groups is 1. The zero-order valence-corrected chi connectivity index (χ0v) is 15.6. The minimum Gasteiger partial charge on any atom is -0.496 e. The van der Waals surface area contributed by atoms with E-state index in [0.29, 0.717) is 5.75 Å². The molecule has 0 aromatic heterocycles. The second-order valence-electron chi connectivity index (χ2n) is 6.54. The summed E-state index contributed by atoms with van der Waals surface area (Å²) in [6.07, 6.45) is -0.245. The van der Waals surface area contributed by atoms with E-state index in [1.54, 1.807) is 12.1 Å². The van der Waals surface area contributed by atoms with Gasteiger partial charge in [0.25, 0.3) is 0 Å². The van der Waals surface area contributed by atoms with Crippen molar-refractivity contribution in [3.05, 3.63) is 58.1 Å². The summed E-state index contributed by atoms with van der Waals surface area (Å²) in [5.41, 5.74) is 2.09. The van der Waals surface area contributed by atoms with Gasteiger partial charge >= 0.3 is 5.69 Å². The van der Waals surface area contributed by atoms with Gasteiger partial charge in [-0.3, -0.25) is 10.1 Å². The fraction of sp³-hybridized carbons (Fsp3) is 0.368. The van der Waals surface area contributed by atoms with Gasteiger partial charge in [0, 0.05) is 25.3 Å². The van der Waals surface area contributed by atoms with E-state index in [-0.39, 0.29) is 30.4 Å². The van der Waals surface area contributed by atoms with Gasteiger partial charge in [0.2, 0.25) is 6.23 Å². The maximum Gasteiger partial charge on any atom is 0.314 e. The topological polar surface area (TPSA) is 90.7 Å². The molecule has 1 saturated heterocycles. The number of quaternary nitrogens is 1. The van der Waals surface area contributed by atoms with Gasteiger partial charge in [-0.15, -0.1) is 0 Å². The van der Waals surface area contributed by atoms with Gasteiger partial charge in [-0.05, 0) is 36.4 Å². The van der Waals surface area contributed by atoms with E-state index in [1.165, 1.54) is 13.2 Å². The number of nitro benzene ring substituents is 1. The van der Waals surface area contributed by atoms with Crippen molar-refractivity contribution in [3.63, 3.8) is 0 Å². The number of benzene rings is 2. The molecule has 0 unspecified atom stereocenters. The quantitative estimate of drug-likeness (QED) is 0.586. The fourth-order valence-electron chi connectivity index (χ4n) is 2.95. The number of hydrogen-bond acceptors (Lipinski definition) is 6. The zero-order chi connectivity index (χ0) is 19.4. The van der Waals surface area contributed by atoms with Crippen molar-refractivity contribution in [2.45, 2.75) is 12.3 Å². The van der Waals surface area contributed by atoms with Crippen LogP contribution < -0.4 is 19.7 Å². The molecule has 0 aliphatic carbocycles. The van der Waals surface area contributed by atoms with Crippen molar-refractivity contribution < 1.29 is 24.5 Å². The summed E-state index contributed by atoms with van der Waals surface area (Å²) in [7, 11) is 5.46. The largest absolute Gasteiger partial charge is 0.496 e. The Bertz CT molecular complexity index is 794. The van der Waals surface area contributed by atoms with Crippen LogP contribution in [0.15, 0.2) is 42.5 Å². The average molecular weight is 374 g/mol.